The van der Waals surface area contributed by atoms with Crippen molar-refractivity contribution in [3.05, 3.63) is 29.8 Å². The number of hydrogen-bond acceptors (Lipinski definition) is 3. The average molecular weight is 315 g/mol. The predicted molar refractivity (Wildman–Crippen MR) is 88.3 cm³/mol. The number of likely N-dealkylation sites (tertiary alicyclic amines) is 1. The molecule has 1 heterocycles. The molecule has 0 aromatic heterocycles. The number of piperidine rings is 1. The maximum absolute atomic E-state index is 12.5. The summed E-state index contributed by atoms with van der Waals surface area (Å²) < 4.78 is 0. The van der Waals surface area contributed by atoms with Crippen LogP contribution in [0, 0.1) is 11.8 Å². The highest BCUT2D eigenvalue weighted by atomic mass is 16.3. The lowest BCUT2D eigenvalue weighted by Gasteiger charge is -2.32. The third-order valence-electron chi connectivity index (χ3n) is 5.31. The van der Waals surface area contributed by atoms with E-state index >= 15 is 0 Å². The van der Waals surface area contributed by atoms with Gasteiger partial charge in [0.05, 0.1) is 0 Å². The second-order valence-corrected chi connectivity index (χ2v) is 6.92. The third-order valence-corrected chi connectivity index (χ3v) is 5.31. The smallest absolute Gasteiger partial charge is 0.222 e. The number of phenolic OH excluding ortho intramolecular Hbond substituents is 1. The van der Waals surface area contributed by atoms with Crippen molar-refractivity contribution in [2.24, 2.45) is 11.8 Å². The molecule has 4 heteroatoms. The molecule has 1 aliphatic carbocycles. The minimum Gasteiger partial charge on any atom is -0.508 e. The molecule has 0 unspecified atom stereocenters. The Morgan fingerprint density at radius 2 is 1.61 bits per heavy atom. The number of carbonyl (C=O) groups is 2. The number of Topliss-reactive ketones (excluding diaryl/α,β-unsaturated/α-hetero) is 1. The molecule has 0 spiro atoms. The lowest BCUT2D eigenvalue weighted by molar-refractivity contribution is -0.133. The number of benzene rings is 1. The largest absolute Gasteiger partial charge is 0.508 e. The Hall–Kier alpha value is -1.84. The van der Waals surface area contributed by atoms with E-state index < -0.39 is 0 Å². The van der Waals surface area contributed by atoms with Gasteiger partial charge >= 0.3 is 0 Å². The summed E-state index contributed by atoms with van der Waals surface area (Å²) in [6.45, 7) is 1.39. The average Bonchev–Trinajstić information content (AvgIpc) is 3.08. The van der Waals surface area contributed by atoms with E-state index in [-0.39, 0.29) is 23.4 Å². The van der Waals surface area contributed by atoms with E-state index in [2.05, 4.69) is 0 Å². The van der Waals surface area contributed by atoms with E-state index in [9.17, 15) is 14.7 Å². The Morgan fingerprint density at radius 1 is 1.00 bits per heavy atom. The summed E-state index contributed by atoms with van der Waals surface area (Å²) in [5.74, 6) is 1.16. The normalized spacial score (nSPS) is 19.9. The molecule has 1 N–H and O–H groups in total. The van der Waals surface area contributed by atoms with E-state index in [4.69, 9.17) is 0 Å². The number of ketones is 1. The summed E-state index contributed by atoms with van der Waals surface area (Å²) in [4.78, 5) is 26.8. The minimum absolute atomic E-state index is 0.00456. The van der Waals surface area contributed by atoms with Crippen molar-refractivity contribution in [1.82, 2.24) is 4.90 Å². The van der Waals surface area contributed by atoms with Crippen molar-refractivity contribution in [2.45, 2.75) is 44.9 Å². The first-order chi connectivity index (χ1) is 11.1. The third kappa shape index (κ3) is 3.92. The second kappa shape index (κ2) is 7.16. The maximum atomic E-state index is 12.5. The monoisotopic (exact) mass is 315 g/mol. The summed E-state index contributed by atoms with van der Waals surface area (Å²) in [5.41, 5.74) is 0.651. The van der Waals surface area contributed by atoms with Gasteiger partial charge in [-0.25, -0.2) is 0 Å². The Morgan fingerprint density at radius 3 is 2.22 bits per heavy atom. The van der Waals surface area contributed by atoms with Crippen molar-refractivity contribution in [3.63, 3.8) is 0 Å². The molecule has 1 aliphatic heterocycles. The van der Waals surface area contributed by atoms with Crippen molar-refractivity contribution in [2.75, 3.05) is 13.1 Å². The SMILES string of the molecule is O=C(c1ccc(O)cc1)C1CCN(C(=O)CC2CCCC2)CC1. The molecule has 1 amide bonds. The standard InChI is InChI=1S/C19H25NO3/c21-17-7-5-15(6-8-17)19(23)16-9-11-20(12-10-16)18(22)13-14-3-1-2-4-14/h5-8,14,16,21H,1-4,9-13H2. The highest BCUT2D eigenvalue weighted by Gasteiger charge is 2.29. The quantitative estimate of drug-likeness (QED) is 0.866. The summed E-state index contributed by atoms with van der Waals surface area (Å²) in [6.07, 6.45) is 7.11. The zero-order valence-corrected chi connectivity index (χ0v) is 13.5. The Kier molecular flexibility index (Phi) is 4.99. The fraction of sp³-hybridized carbons (Fsp3) is 0.579. The number of carbonyl (C=O) groups excluding carboxylic acids is 2. The van der Waals surface area contributed by atoms with Gasteiger partial charge < -0.3 is 10.0 Å². The first-order valence-corrected chi connectivity index (χ1v) is 8.74. The molecule has 2 aliphatic rings. The van der Waals surface area contributed by atoms with Gasteiger partial charge in [-0.2, -0.15) is 0 Å². The fourth-order valence-electron chi connectivity index (χ4n) is 3.84. The Bertz CT molecular complexity index is 552. The van der Waals surface area contributed by atoms with E-state index in [1.165, 1.54) is 25.7 Å². The molecule has 0 radical (unpaired) electrons. The van der Waals surface area contributed by atoms with Crippen LogP contribution in [0.5, 0.6) is 5.75 Å². The van der Waals surface area contributed by atoms with Crippen LogP contribution < -0.4 is 0 Å². The second-order valence-electron chi connectivity index (χ2n) is 6.92. The van der Waals surface area contributed by atoms with Crippen LogP contribution in [-0.4, -0.2) is 34.8 Å². The van der Waals surface area contributed by atoms with Gasteiger partial charge in [0.25, 0.3) is 0 Å². The van der Waals surface area contributed by atoms with Gasteiger partial charge in [-0.05, 0) is 55.9 Å². The first-order valence-electron chi connectivity index (χ1n) is 8.74. The number of amides is 1. The van der Waals surface area contributed by atoms with Crippen LogP contribution in [0.3, 0.4) is 0 Å². The lowest BCUT2D eigenvalue weighted by Crippen LogP contribution is -2.40. The van der Waals surface area contributed by atoms with Crippen molar-refractivity contribution in [1.29, 1.82) is 0 Å². The van der Waals surface area contributed by atoms with Crippen LogP contribution >= 0.6 is 0 Å². The Labute approximate surface area is 137 Å². The van der Waals surface area contributed by atoms with Gasteiger partial charge in [-0.15, -0.1) is 0 Å². The summed E-state index contributed by atoms with van der Waals surface area (Å²) in [6, 6.07) is 6.45. The zero-order chi connectivity index (χ0) is 16.2. The van der Waals surface area contributed by atoms with Gasteiger partial charge in [0.1, 0.15) is 5.75 Å². The molecule has 2 fully saturated rings. The Balaban J connectivity index is 1.50. The molecule has 1 saturated carbocycles. The molecule has 3 rings (SSSR count). The van der Waals surface area contributed by atoms with Crippen LogP contribution in [0.15, 0.2) is 24.3 Å². The summed E-state index contributed by atoms with van der Waals surface area (Å²) in [5, 5.41) is 9.31. The van der Waals surface area contributed by atoms with Gasteiger partial charge in [0, 0.05) is 31.0 Å². The maximum Gasteiger partial charge on any atom is 0.222 e. The molecule has 1 saturated heterocycles. The van der Waals surface area contributed by atoms with Gasteiger partial charge in [0.15, 0.2) is 5.78 Å². The van der Waals surface area contributed by atoms with E-state index in [0.29, 0.717) is 31.0 Å². The molecule has 0 bridgehead atoms. The van der Waals surface area contributed by atoms with Crippen LogP contribution in [0.2, 0.25) is 0 Å². The van der Waals surface area contributed by atoms with E-state index in [1.807, 2.05) is 4.90 Å². The topological polar surface area (TPSA) is 57.6 Å². The van der Waals surface area contributed by atoms with Gasteiger partial charge in [-0.3, -0.25) is 9.59 Å². The molecular weight excluding hydrogens is 290 g/mol. The van der Waals surface area contributed by atoms with Crippen LogP contribution in [0.1, 0.15) is 55.3 Å². The van der Waals surface area contributed by atoms with Crippen LogP contribution in [-0.2, 0) is 4.79 Å². The molecule has 1 aromatic carbocycles. The predicted octanol–water partition coefficient (Wildman–Crippen LogP) is 3.39. The van der Waals surface area contributed by atoms with Crippen LogP contribution in [0.25, 0.3) is 0 Å². The first kappa shape index (κ1) is 16.0. The van der Waals surface area contributed by atoms with Crippen molar-refractivity contribution >= 4 is 11.7 Å². The summed E-state index contributed by atoms with van der Waals surface area (Å²) >= 11 is 0. The number of phenols is 1. The minimum atomic E-state index is -0.00456. The number of hydrogen-bond donors (Lipinski definition) is 1. The van der Waals surface area contributed by atoms with E-state index in [0.717, 1.165) is 12.8 Å². The van der Waals surface area contributed by atoms with Gasteiger partial charge in [-0.1, -0.05) is 12.8 Å². The zero-order valence-electron chi connectivity index (χ0n) is 13.5. The number of nitrogens with zero attached hydrogens (tertiary/aromatic N) is 1. The molecule has 124 valence electrons. The van der Waals surface area contributed by atoms with Gasteiger partial charge in [0.2, 0.25) is 5.91 Å². The molecule has 0 atom stereocenters. The fourth-order valence-corrected chi connectivity index (χ4v) is 3.84. The highest BCUT2D eigenvalue weighted by Crippen LogP contribution is 2.29. The summed E-state index contributed by atoms with van der Waals surface area (Å²) in [7, 11) is 0. The van der Waals surface area contributed by atoms with E-state index in [1.54, 1.807) is 24.3 Å². The highest BCUT2D eigenvalue weighted by molar-refractivity contribution is 5.98. The molecule has 23 heavy (non-hydrogen) atoms. The molecular formula is C19H25NO3. The van der Waals surface area contributed by atoms with Crippen LogP contribution in [0.4, 0.5) is 0 Å². The molecule has 1 aromatic rings. The number of aromatic hydroxyl groups is 1. The number of rotatable bonds is 4. The van der Waals surface area contributed by atoms with Crippen molar-refractivity contribution < 1.29 is 14.7 Å². The van der Waals surface area contributed by atoms with Crippen molar-refractivity contribution in [3.8, 4) is 5.75 Å². The molecule has 4 nitrogen and oxygen atoms in total. The lowest BCUT2D eigenvalue weighted by atomic mass is 9.88.